The van der Waals surface area contributed by atoms with Crippen molar-refractivity contribution in [3.8, 4) is 11.5 Å². The molecule has 6 heteroatoms. The Kier molecular flexibility index (Phi) is 2.32. The summed E-state index contributed by atoms with van der Waals surface area (Å²) in [6.45, 7) is 0.311. The van der Waals surface area contributed by atoms with E-state index < -0.39 is 9.84 Å². The highest BCUT2D eigenvalue weighted by Crippen LogP contribution is 2.39. The molecule has 5 nitrogen and oxygen atoms in total. The Hall–Kier alpha value is -1.27. The molecule has 0 fully saturated rings. The van der Waals surface area contributed by atoms with E-state index in [4.69, 9.17) is 15.2 Å². The van der Waals surface area contributed by atoms with Crippen molar-refractivity contribution >= 4 is 9.84 Å². The fraction of sp³-hybridized carbons (Fsp3) is 0.333. The van der Waals surface area contributed by atoms with Gasteiger partial charge < -0.3 is 15.2 Å². The van der Waals surface area contributed by atoms with E-state index in [0.29, 0.717) is 11.3 Å². The Bertz CT molecular complexity index is 495. The average Bonchev–Trinajstić information content (AvgIpc) is 2.61. The van der Waals surface area contributed by atoms with Crippen LogP contribution in [0.2, 0.25) is 0 Å². The second kappa shape index (κ2) is 3.39. The smallest absolute Gasteiger partial charge is 0.231 e. The van der Waals surface area contributed by atoms with E-state index in [1.165, 1.54) is 6.07 Å². The SMILES string of the molecule is CS(=O)(=O)c1cc(CN)cc2c1OCO2. The quantitative estimate of drug-likeness (QED) is 0.788. The fourth-order valence-corrected chi connectivity index (χ4v) is 2.29. The van der Waals surface area contributed by atoms with Gasteiger partial charge >= 0.3 is 0 Å². The Morgan fingerprint density at radius 2 is 2.13 bits per heavy atom. The first-order chi connectivity index (χ1) is 7.02. The predicted molar refractivity (Wildman–Crippen MR) is 53.6 cm³/mol. The number of hydrogen-bond acceptors (Lipinski definition) is 5. The standard InChI is InChI=1S/C9H11NO4S/c1-15(11,12)8-3-6(4-10)2-7-9(8)14-5-13-7/h2-3H,4-5,10H2,1H3. The Morgan fingerprint density at radius 1 is 1.40 bits per heavy atom. The average molecular weight is 229 g/mol. The lowest BCUT2D eigenvalue weighted by atomic mass is 10.2. The molecule has 1 aliphatic rings. The van der Waals surface area contributed by atoms with Crippen LogP contribution in [-0.2, 0) is 16.4 Å². The van der Waals surface area contributed by atoms with Gasteiger partial charge in [-0.05, 0) is 17.7 Å². The van der Waals surface area contributed by atoms with E-state index in [0.717, 1.165) is 6.26 Å². The van der Waals surface area contributed by atoms with Crippen LogP contribution < -0.4 is 15.2 Å². The second-order valence-corrected chi connectivity index (χ2v) is 5.29. The zero-order valence-electron chi connectivity index (χ0n) is 8.19. The van der Waals surface area contributed by atoms with E-state index in [1.54, 1.807) is 6.07 Å². The van der Waals surface area contributed by atoms with Gasteiger partial charge in [-0.25, -0.2) is 8.42 Å². The van der Waals surface area contributed by atoms with Crippen LogP contribution in [-0.4, -0.2) is 21.5 Å². The Morgan fingerprint density at radius 3 is 2.73 bits per heavy atom. The molecule has 82 valence electrons. The molecule has 0 amide bonds. The van der Waals surface area contributed by atoms with E-state index >= 15 is 0 Å². The summed E-state index contributed by atoms with van der Waals surface area (Å²) in [5.74, 6) is 0.730. The molecular formula is C9H11NO4S. The van der Waals surface area contributed by atoms with Crippen molar-refractivity contribution in [3.05, 3.63) is 17.7 Å². The molecule has 1 aromatic rings. The summed E-state index contributed by atoms with van der Waals surface area (Å²) in [4.78, 5) is 0.137. The van der Waals surface area contributed by atoms with Crippen LogP contribution >= 0.6 is 0 Å². The van der Waals surface area contributed by atoms with Crippen molar-refractivity contribution in [2.45, 2.75) is 11.4 Å². The van der Waals surface area contributed by atoms with Gasteiger partial charge in [0.25, 0.3) is 0 Å². The van der Waals surface area contributed by atoms with Crippen LogP contribution in [0.1, 0.15) is 5.56 Å². The van der Waals surface area contributed by atoms with Crippen LogP contribution in [0.5, 0.6) is 11.5 Å². The Balaban J connectivity index is 2.68. The third-order valence-corrected chi connectivity index (χ3v) is 3.24. The van der Waals surface area contributed by atoms with Crippen molar-refractivity contribution in [1.29, 1.82) is 0 Å². The van der Waals surface area contributed by atoms with Crippen LogP contribution in [0.25, 0.3) is 0 Å². The third-order valence-electron chi connectivity index (χ3n) is 2.13. The number of rotatable bonds is 2. The van der Waals surface area contributed by atoms with Gasteiger partial charge in [0.15, 0.2) is 21.3 Å². The molecule has 0 unspecified atom stereocenters. The maximum atomic E-state index is 11.5. The highest BCUT2D eigenvalue weighted by molar-refractivity contribution is 7.90. The molecule has 0 atom stereocenters. The molecule has 1 heterocycles. The minimum absolute atomic E-state index is 0.0475. The molecule has 0 saturated carbocycles. The first kappa shape index (κ1) is 10.3. The predicted octanol–water partition coefficient (Wildman–Crippen LogP) is 0.278. The van der Waals surface area contributed by atoms with E-state index in [9.17, 15) is 8.42 Å². The largest absolute Gasteiger partial charge is 0.454 e. The Labute approximate surface area is 87.7 Å². The van der Waals surface area contributed by atoms with E-state index in [2.05, 4.69) is 0 Å². The second-order valence-electron chi connectivity index (χ2n) is 3.30. The third kappa shape index (κ3) is 1.78. The van der Waals surface area contributed by atoms with E-state index in [1.807, 2.05) is 0 Å². The maximum absolute atomic E-state index is 11.5. The minimum Gasteiger partial charge on any atom is -0.454 e. The molecule has 0 aliphatic carbocycles. The van der Waals surface area contributed by atoms with Crippen molar-refractivity contribution in [1.82, 2.24) is 0 Å². The van der Waals surface area contributed by atoms with Crippen molar-refractivity contribution < 1.29 is 17.9 Å². The van der Waals surface area contributed by atoms with Crippen LogP contribution in [0.3, 0.4) is 0 Å². The minimum atomic E-state index is -3.32. The first-order valence-electron chi connectivity index (χ1n) is 4.35. The molecule has 2 rings (SSSR count). The summed E-state index contributed by atoms with van der Waals surface area (Å²) in [6.07, 6.45) is 1.13. The molecular weight excluding hydrogens is 218 g/mol. The van der Waals surface area contributed by atoms with Gasteiger partial charge in [-0.15, -0.1) is 0 Å². The van der Waals surface area contributed by atoms with Gasteiger partial charge in [-0.2, -0.15) is 0 Å². The van der Waals surface area contributed by atoms with Gasteiger partial charge in [0, 0.05) is 12.8 Å². The van der Waals surface area contributed by atoms with Crippen LogP contribution in [0.15, 0.2) is 17.0 Å². The number of fused-ring (bicyclic) bond motifs is 1. The fourth-order valence-electron chi connectivity index (χ4n) is 1.43. The monoisotopic (exact) mass is 229 g/mol. The number of benzene rings is 1. The van der Waals surface area contributed by atoms with Crippen LogP contribution in [0.4, 0.5) is 0 Å². The molecule has 15 heavy (non-hydrogen) atoms. The lowest BCUT2D eigenvalue weighted by molar-refractivity contribution is 0.172. The topological polar surface area (TPSA) is 78.6 Å². The summed E-state index contributed by atoms with van der Waals surface area (Å²) >= 11 is 0. The van der Waals surface area contributed by atoms with Gasteiger partial charge in [0.1, 0.15) is 4.90 Å². The molecule has 0 saturated heterocycles. The number of sulfone groups is 1. The van der Waals surface area contributed by atoms with E-state index in [-0.39, 0.29) is 24.0 Å². The molecule has 0 aromatic heterocycles. The summed E-state index contributed by atoms with van der Waals surface area (Å²) in [5, 5.41) is 0. The van der Waals surface area contributed by atoms with Gasteiger partial charge in [0.2, 0.25) is 6.79 Å². The normalized spacial score (nSPS) is 14.3. The highest BCUT2D eigenvalue weighted by atomic mass is 32.2. The first-order valence-corrected chi connectivity index (χ1v) is 6.24. The van der Waals surface area contributed by atoms with Crippen molar-refractivity contribution in [3.63, 3.8) is 0 Å². The summed E-state index contributed by atoms with van der Waals surface area (Å²) in [6, 6.07) is 3.21. The summed E-state index contributed by atoms with van der Waals surface area (Å²) < 4.78 is 33.2. The van der Waals surface area contributed by atoms with Gasteiger partial charge in [0.05, 0.1) is 0 Å². The molecule has 1 aliphatic heterocycles. The highest BCUT2D eigenvalue weighted by Gasteiger charge is 2.24. The lowest BCUT2D eigenvalue weighted by Gasteiger charge is -2.06. The molecule has 0 bridgehead atoms. The lowest BCUT2D eigenvalue weighted by Crippen LogP contribution is -2.03. The number of nitrogens with two attached hydrogens (primary N) is 1. The van der Waals surface area contributed by atoms with Crippen molar-refractivity contribution in [2.75, 3.05) is 13.0 Å². The molecule has 2 N–H and O–H groups in total. The summed E-state index contributed by atoms with van der Waals surface area (Å²) in [7, 11) is -3.32. The number of ether oxygens (including phenoxy) is 2. The van der Waals surface area contributed by atoms with Crippen molar-refractivity contribution in [2.24, 2.45) is 5.73 Å². The van der Waals surface area contributed by atoms with Gasteiger partial charge in [-0.1, -0.05) is 0 Å². The van der Waals surface area contributed by atoms with Gasteiger partial charge in [-0.3, -0.25) is 0 Å². The zero-order valence-corrected chi connectivity index (χ0v) is 9.00. The zero-order chi connectivity index (χ0) is 11.1. The molecule has 0 spiro atoms. The summed E-state index contributed by atoms with van der Waals surface area (Å²) in [5.41, 5.74) is 6.17. The number of hydrogen-bond donors (Lipinski definition) is 1. The van der Waals surface area contributed by atoms with Crippen LogP contribution in [0, 0.1) is 0 Å². The molecule has 0 radical (unpaired) electrons. The maximum Gasteiger partial charge on any atom is 0.231 e. The molecule has 1 aromatic carbocycles.